The maximum atomic E-state index is 12.3. The Morgan fingerprint density at radius 3 is 2.59 bits per heavy atom. The summed E-state index contributed by atoms with van der Waals surface area (Å²) < 4.78 is 7.65. The highest BCUT2D eigenvalue weighted by atomic mass is 16.5. The quantitative estimate of drug-likeness (QED) is 0.285. The Morgan fingerprint density at radius 1 is 0.966 bits per heavy atom. The number of rotatable bonds is 8. The van der Waals surface area contributed by atoms with Crippen molar-refractivity contribution in [1.29, 1.82) is 0 Å². The van der Waals surface area contributed by atoms with Crippen molar-refractivity contribution in [3.63, 3.8) is 0 Å². The van der Waals surface area contributed by atoms with Crippen molar-refractivity contribution < 1.29 is 9.53 Å². The lowest BCUT2D eigenvalue weighted by Crippen LogP contribution is -2.08. The van der Waals surface area contributed by atoms with Crippen molar-refractivity contribution in [2.24, 2.45) is 0 Å². The molecule has 2 heterocycles. The molecule has 0 atom stereocenters. The third-order valence-corrected chi connectivity index (χ3v) is 5.29. The van der Waals surface area contributed by atoms with Crippen LogP contribution in [0.2, 0.25) is 0 Å². The predicted molar refractivity (Wildman–Crippen MR) is 117 cm³/mol. The molecule has 4 heteroatoms. The first-order valence-electron chi connectivity index (χ1n) is 10.4. The van der Waals surface area contributed by atoms with Gasteiger partial charge in [0, 0.05) is 22.8 Å². The number of nitrogens with zero attached hydrogens (tertiary/aromatic N) is 2. The van der Waals surface area contributed by atoms with E-state index in [-0.39, 0.29) is 5.97 Å². The molecule has 0 saturated carbocycles. The van der Waals surface area contributed by atoms with Crippen molar-refractivity contribution in [2.75, 3.05) is 6.61 Å². The van der Waals surface area contributed by atoms with Crippen LogP contribution in [0, 0.1) is 0 Å². The second-order valence-electron chi connectivity index (χ2n) is 7.33. The van der Waals surface area contributed by atoms with Crippen LogP contribution in [-0.2, 0) is 17.7 Å². The van der Waals surface area contributed by atoms with E-state index in [2.05, 4.69) is 58.9 Å². The van der Waals surface area contributed by atoms with Crippen LogP contribution in [0.15, 0.2) is 66.9 Å². The number of ether oxygens (including phenoxy) is 1. The summed E-state index contributed by atoms with van der Waals surface area (Å²) in [6, 6.07) is 20.8. The summed E-state index contributed by atoms with van der Waals surface area (Å²) in [5, 5.41) is 2.20. The van der Waals surface area contributed by atoms with Gasteiger partial charge in [0.2, 0.25) is 0 Å². The third kappa shape index (κ3) is 4.16. The van der Waals surface area contributed by atoms with E-state index in [9.17, 15) is 4.79 Å². The van der Waals surface area contributed by atoms with Crippen LogP contribution in [0.5, 0.6) is 0 Å². The van der Waals surface area contributed by atoms with E-state index in [0.717, 1.165) is 48.5 Å². The Balaban J connectivity index is 1.62. The summed E-state index contributed by atoms with van der Waals surface area (Å²) in [4.78, 5) is 16.8. The fourth-order valence-corrected chi connectivity index (χ4v) is 3.77. The Kier molecular flexibility index (Phi) is 5.89. The van der Waals surface area contributed by atoms with Gasteiger partial charge in [0.1, 0.15) is 5.69 Å². The van der Waals surface area contributed by atoms with Crippen LogP contribution >= 0.6 is 0 Å². The van der Waals surface area contributed by atoms with E-state index in [4.69, 9.17) is 4.74 Å². The SMILES string of the molecule is CCCCOC(=O)c1cc2c3ccccc3n(CCCc3ccccc3)c2cn1. The molecule has 0 fully saturated rings. The molecule has 0 N–H and O–H groups in total. The molecule has 4 aromatic rings. The second-order valence-corrected chi connectivity index (χ2v) is 7.33. The van der Waals surface area contributed by atoms with Gasteiger partial charge in [-0.2, -0.15) is 0 Å². The number of unbranched alkanes of at least 4 members (excludes halogenated alkanes) is 1. The van der Waals surface area contributed by atoms with Crippen LogP contribution < -0.4 is 0 Å². The Hall–Kier alpha value is -3.14. The maximum Gasteiger partial charge on any atom is 0.356 e. The van der Waals surface area contributed by atoms with Gasteiger partial charge < -0.3 is 9.30 Å². The highest BCUT2D eigenvalue weighted by Gasteiger charge is 2.15. The van der Waals surface area contributed by atoms with Crippen molar-refractivity contribution in [1.82, 2.24) is 9.55 Å². The molecule has 0 aliphatic heterocycles. The van der Waals surface area contributed by atoms with Crippen molar-refractivity contribution >= 4 is 27.8 Å². The fraction of sp³-hybridized carbons (Fsp3) is 0.280. The first kappa shape index (κ1) is 19.2. The number of hydrogen-bond donors (Lipinski definition) is 0. The number of fused-ring (bicyclic) bond motifs is 3. The maximum absolute atomic E-state index is 12.3. The van der Waals surface area contributed by atoms with Gasteiger partial charge in [-0.3, -0.25) is 0 Å². The monoisotopic (exact) mass is 386 g/mol. The number of esters is 1. The van der Waals surface area contributed by atoms with E-state index in [1.54, 1.807) is 0 Å². The van der Waals surface area contributed by atoms with Crippen LogP contribution in [0.1, 0.15) is 42.2 Å². The van der Waals surface area contributed by atoms with Crippen molar-refractivity contribution in [3.05, 3.63) is 78.1 Å². The van der Waals surface area contributed by atoms with Crippen molar-refractivity contribution in [3.8, 4) is 0 Å². The highest BCUT2D eigenvalue weighted by Crippen LogP contribution is 2.29. The Labute approximate surface area is 171 Å². The van der Waals surface area contributed by atoms with Crippen LogP contribution in [0.4, 0.5) is 0 Å². The molecule has 4 rings (SSSR count). The molecule has 0 aliphatic carbocycles. The van der Waals surface area contributed by atoms with Gasteiger partial charge in [0.05, 0.1) is 18.3 Å². The Morgan fingerprint density at radius 2 is 1.76 bits per heavy atom. The molecule has 148 valence electrons. The summed E-state index contributed by atoms with van der Waals surface area (Å²) in [6.07, 6.45) is 5.75. The molecule has 29 heavy (non-hydrogen) atoms. The molecule has 2 aromatic carbocycles. The molecule has 0 aliphatic rings. The lowest BCUT2D eigenvalue weighted by molar-refractivity contribution is 0.0493. The second kappa shape index (κ2) is 8.91. The number of aromatic nitrogens is 2. The first-order valence-corrected chi connectivity index (χ1v) is 10.4. The summed E-state index contributed by atoms with van der Waals surface area (Å²) >= 11 is 0. The summed E-state index contributed by atoms with van der Waals surface area (Å²) in [5.41, 5.74) is 3.96. The zero-order chi connectivity index (χ0) is 20.1. The fourth-order valence-electron chi connectivity index (χ4n) is 3.77. The topological polar surface area (TPSA) is 44.1 Å². The Bertz CT molecular complexity index is 1120. The minimum atomic E-state index is -0.346. The molecule has 4 nitrogen and oxygen atoms in total. The number of aryl methyl sites for hydroxylation is 2. The minimum Gasteiger partial charge on any atom is -0.461 e. The molecule has 0 saturated heterocycles. The minimum absolute atomic E-state index is 0.346. The molecule has 0 unspecified atom stereocenters. The lowest BCUT2D eigenvalue weighted by atomic mass is 10.1. The van der Waals surface area contributed by atoms with Crippen molar-refractivity contribution in [2.45, 2.75) is 39.2 Å². The van der Waals surface area contributed by atoms with E-state index in [0.29, 0.717) is 12.3 Å². The molecule has 2 aromatic heterocycles. The summed E-state index contributed by atoms with van der Waals surface area (Å²) in [7, 11) is 0. The van der Waals surface area contributed by atoms with Gasteiger partial charge >= 0.3 is 5.97 Å². The molecule has 0 radical (unpaired) electrons. The van der Waals surface area contributed by atoms with Gasteiger partial charge in [-0.05, 0) is 37.0 Å². The molecule has 0 spiro atoms. The number of hydrogen-bond acceptors (Lipinski definition) is 3. The van der Waals surface area contributed by atoms with E-state index in [1.165, 1.54) is 11.1 Å². The lowest BCUT2D eigenvalue weighted by Gasteiger charge is -2.08. The molecular weight excluding hydrogens is 360 g/mol. The van der Waals surface area contributed by atoms with E-state index >= 15 is 0 Å². The van der Waals surface area contributed by atoms with E-state index in [1.807, 2.05) is 24.4 Å². The molecular formula is C25H26N2O2. The van der Waals surface area contributed by atoms with E-state index < -0.39 is 0 Å². The first-order chi connectivity index (χ1) is 14.3. The highest BCUT2D eigenvalue weighted by molar-refractivity contribution is 6.09. The van der Waals surface area contributed by atoms with Gasteiger partial charge in [-0.25, -0.2) is 9.78 Å². The number of benzene rings is 2. The predicted octanol–water partition coefficient (Wildman–Crippen LogP) is 5.78. The number of para-hydroxylation sites is 1. The average Bonchev–Trinajstić information content (AvgIpc) is 3.08. The van der Waals surface area contributed by atoms with Gasteiger partial charge in [0.15, 0.2) is 0 Å². The number of pyridine rings is 1. The zero-order valence-corrected chi connectivity index (χ0v) is 16.8. The zero-order valence-electron chi connectivity index (χ0n) is 16.8. The van der Waals surface area contributed by atoms with Crippen LogP contribution in [0.3, 0.4) is 0 Å². The van der Waals surface area contributed by atoms with Gasteiger partial charge in [-0.1, -0.05) is 61.9 Å². The smallest absolute Gasteiger partial charge is 0.356 e. The van der Waals surface area contributed by atoms with Gasteiger partial charge in [-0.15, -0.1) is 0 Å². The normalized spacial score (nSPS) is 11.2. The summed E-state index contributed by atoms with van der Waals surface area (Å²) in [5.74, 6) is -0.346. The van der Waals surface area contributed by atoms with Crippen LogP contribution in [0.25, 0.3) is 21.8 Å². The number of carbonyl (C=O) groups is 1. The number of carbonyl (C=O) groups excluding carboxylic acids is 1. The third-order valence-electron chi connectivity index (χ3n) is 5.29. The largest absolute Gasteiger partial charge is 0.461 e. The van der Waals surface area contributed by atoms with Crippen LogP contribution in [-0.4, -0.2) is 22.1 Å². The molecule has 0 amide bonds. The average molecular weight is 386 g/mol. The standard InChI is InChI=1S/C25H26N2O2/c1-2-3-16-29-25(28)22-17-21-20-13-7-8-14-23(20)27(24(21)18-26-22)15-9-12-19-10-5-4-6-11-19/h4-8,10-11,13-14,17-18H,2-3,9,12,15-16H2,1H3. The molecule has 0 bridgehead atoms. The van der Waals surface area contributed by atoms with Gasteiger partial charge in [0.25, 0.3) is 0 Å². The summed E-state index contributed by atoms with van der Waals surface area (Å²) in [6.45, 7) is 3.42.